The van der Waals surface area contributed by atoms with E-state index in [9.17, 15) is 9.59 Å². The lowest BCUT2D eigenvalue weighted by molar-refractivity contribution is -0.121. The van der Waals surface area contributed by atoms with Gasteiger partial charge in [-0.15, -0.1) is 0 Å². The molecule has 3 aromatic rings. The maximum Gasteiger partial charge on any atom is 0.251 e. The summed E-state index contributed by atoms with van der Waals surface area (Å²) in [6.07, 6.45) is 0.137. The first-order chi connectivity index (χ1) is 14.2. The lowest BCUT2D eigenvalue weighted by Gasteiger charge is -2.19. The molecule has 0 saturated heterocycles. The van der Waals surface area contributed by atoms with Crippen LogP contribution in [0.3, 0.4) is 0 Å². The molecule has 0 aliphatic heterocycles. The molecule has 148 valence electrons. The molecule has 0 aromatic heterocycles. The van der Waals surface area contributed by atoms with Gasteiger partial charge in [-0.2, -0.15) is 0 Å². The molecule has 0 spiro atoms. The van der Waals surface area contributed by atoms with Gasteiger partial charge in [0.15, 0.2) is 0 Å². The standard InChI is InChI=1S/C24H24N2O3/c1-29-22-15-9-8-14-20(22)17-25-23(27)16-21(18-10-4-2-5-11-18)26-24(28)19-12-6-3-7-13-19/h2-15,21H,16-17H2,1H3,(H,25,27)(H,26,28)/t21-/m1/s1. The molecule has 1 atom stereocenters. The Hall–Kier alpha value is -3.60. The van der Waals surface area contributed by atoms with Crippen LogP contribution < -0.4 is 15.4 Å². The minimum absolute atomic E-state index is 0.137. The van der Waals surface area contributed by atoms with Crippen LogP contribution in [0.1, 0.15) is 33.9 Å². The quantitative estimate of drug-likeness (QED) is 0.616. The van der Waals surface area contributed by atoms with Crippen LogP contribution >= 0.6 is 0 Å². The second kappa shape index (κ2) is 10.1. The third-order valence-corrected chi connectivity index (χ3v) is 4.60. The molecule has 0 bridgehead atoms. The molecule has 0 unspecified atom stereocenters. The van der Waals surface area contributed by atoms with Crippen LogP contribution in [-0.2, 0) is 11.3 Å². The van der Waals surface area contributed by atoms with E-state index < -0.39 is 6.04 Å². The smallest absolute Gasteiger partial charge is 0.251 e. The topological polar surface area (TPSA) is 67.4 Å². The summed E-state index contributed by atoms with van der Waals surface area (Å²) < 4.78 is 5.32. The zero-order valence-corrected chi connectivity index (χ0v) is 16.3. The number of carbonyl (C=O) groups is 2. The fraction of sp³-hybridized carbons (Fsp3) is 0.167. The molecule has 3 aromatic carbocycles. The van der Waals surface area contributed by atoms with Gasteiger partial charge in [-0.25, -0.2) is 0 Å². The number of benzene rings is 3. The van der Waals surface area contributed by atoms with Gasteiger partial charge >= 0.3 is 0 Å². The zero-order valence-electron chi connectivity index (χ0n) is 16.3. The highest BCUT2D eigenvalue weighted by Crippen LogP contribution is 2.19. The summed E-state index contributed by atoms with van der Waals surface area (Å²) in [5, 5.41) is 5.89. The van der Waals surface area contributed by atoms with Crippen molar-refractivity contribution in [1.82, 2.24) is 10.6 Å². The molecule has 2 N–H and O–H groups in total. The van der Waals surface area contributed by atoms with Crippen LogP contribution in [0, 0.1) is 0 Å². The second-order valence-electron chi connectivity index (χ2n) is 6.60. The van der Waals surface area contributed by atoms with Gasteiger partial charge in [-0.1, -0.05) is 66.7 Å². The Morgan fingerprint density at radius 2 is 1.48 bits per heavy atom. The number of para-hydroxylation sites is 1. The first kappa shape index (κ1) is 20.1. The number of ether oxygens (including phenoxy) is 1. The number of carbonyl (C=O) groups excluding carboxylic acids is 2. The third kappa shape index (κ3) is 5.69. The van der Waals surface area contributed by atoms with Gasteiger partial charge in [0, 0.05) is 17.7 Å². The average Bonchev–Trinajstić information content (AvgIpc) is 2.78. The van der Waals surface area contributed by atoms with Crippen molar-refractivity contribution in [3.63, 3.8) is 0 Å². The number of rotatable bonds is 8. The maximum atomic E-state index is 12.6. The Bertz CT molecular complexity index is 943. The average molecular weight is 388 g/mol. The van der Waals surface area contributed by atoms with E-state index in [0.29, 0.717) is 12.1 Å². The summed E-state index contributed by atoms with van der Waals surface area (Å²) in [6.45, 7) is 0.358. The van der Waals surface area contributed by atoms with Crippen molar-refractivity contribution in [2.75, 3.05) is 7.11 Å². The predicted octanol–water partition coefficient (Wildman–Crippen LogP) is 3.87. The minimum atomic E-state index is -0.429. The summed E-state index contributed by atoms with van der Waals surface area (Å²) >= 11 is 0. The molecule has 2 amide bonds. The van der Waals surface area contributed by atoms with Crippen LogP contribution in [0.25, 0.3) is 0 Å². The SMILES string of the molecule is COc1ccccc1CNC(=O)C[C@@H](NC(=O)c1ccccc1)c1ccccc1. The molecular weight excluding hydrogens is 364 g/mol. The lowest BCUT2D eigenvalue weighted by atomic mass is 10.0. The van der Waals surface area contributed by atoms with Gasteiger partial charge in [0.2, 0.25) is 5.91 Å². The van der Waals surface area contributed by atoms with E-state index in [-0.39, 0.29) is 18.2 Å². The molecule has 0 saturated carbocycles. The summed E-state index contributed by atoms with van der Waals surface area (Å²) in [4.78, 5) is 25.2. The van der Waals surface area contributed by atoms with Crippen molar-refractivity contribution in [2.24, 2.45) is 0 Å². The van der Waals surface area contributed by atoms with Crippen molar-refractivity contribution in [1.29, 1.82) is 0 Å². The number of nitrogens with one attached hydrogen (secondary N) is 2. The highest BCUT2D eigenvalue weighted by molar-refractivity contribution is 5.94. The molecule has 5 heteroatoms. The van der Waals surface area contributed by atoms with Gasteiger partial charge in [0.1, 0.15) is 5.75 Å². The number of methoxy groups -OCH3 is 1. The molecule has 0 aliphatic carbocycles. The summed E-state index contributed by atoms with van der Waals surface area (Å²) in [7, 11) is 1.60. The Morgan fingerprint density at radius 1 is 0.862 bits per heavy atom. The summed E-state index contributed by atoms with van der Waals surface area (Å²) in [5.74, 6) is 0.361. The van der Waals surface area contributed by atoms with E-state index in [2.05, 4.69) is 10.6 Å². The van der Waals surface area contributed by atoms with Crippen molar-refractivity contribution in [3.8, 4) is 5.75 Å². The first-order valence-electron chi connectivity index (χ1n) is 9.47. The van der Waals surface area contributed by atoms with E-state index >= 15 is 0 Å². The number of hydrogen-bond acceptors (Lipinski definition) is 3. The molecular formula is C24H24N2O3. The van der Waals surface area contributed by atoms with Crippen molar-refractivity contribution in [3.05, 3.63) is 102 Å². The van der Waals surface area contributed by atoms with Crippen molar-refractivity contribution >= 4 is 11.8 Å². The largest absolute Gasteiger partial charge is 0.496 e. The Morgan fingerprint density at radius 3 is 2.17 bits per heavy atom. The summed E-state index contributed by atoms with van der Waals surface area (Å²) in [5.41, 5.74) is 2.33. The van der Waals surface area contributed by atoms with Crippen LogP contribution in [0.5, 0.6) is 5.75 Å². The molecule has 29 heavy (non-hydrogen) atoms. The molecule has 3 rings (SSSR count). The van der Waals surface area contributed by atoms with Crippen molar-refractivity contribution < 1.29 is 14.3 Å². The van der Waals surface area contributed by atoms with Gasteiger partial charge in [-0.3, -0.25) is 9.59 Å². The lowest BCUT2D eigenvalue weighted by Crippen LogP contribution is -2.33. The normalized spacial score (nSPS) is 11.3. The molecule has 0 aliphatic rings. The van der Waals surface area contributed by atoms with E-state index in [1.165, 1.54) is 0 Å². The minimum Gasteiger partial charge on any atom is -0.496 e. The highest BCUT2D eigenvalue weighted by Gasteiger charge is 2.19. The van der Waals surface area contributed by atoms with Crippen LogP contribution in [0.2, 0.25) is 0 Å². The monoisotopic (exact) mass is 388 g/mol. The van der Waals surface area contributed by atoms with Crippen LogP contribution in [-0.4, -0.2) is 18.9 Å². The van der Waals surface area contributed by atoms with Crippen LogP contribution in [0.4, 0.5) is 0 Å². The first-order valence-corrected chi connectivity index (χ1v) is 9.47. The Balaban J connectivity index is 1.68. The third-order valence-electron chi connectivity index (χ3n) is 4.60. The second-order valence-corrected chi connectivity index (χ2v) is 6.60. The number of hydrogen-bond donors (Lipinski definition) is 2. The van der Waals surface area contributed by atoms with E-state index in [4.69, 9.17) is 4.74 Å². The van der Waals surface area contributed by atoms with E-state index in [1.807, 2.05) is 72.8 Å². The molecule has 0 heterocycles. The van der Waals surface area contributed by atoms with Crippen molar-refractivity contribution in [2.45, 2.75) is 19.0 Å². The molecule has 5 nitrogen and oxygen atoms in total. The Kier molecular flexibility index (Phi) is 7.00. The molecule has 0 radical (unpaired) electrons. The van der Waals surface area contributed by atoms with E-state index in [1.54, 1.807) is 19.2 Å². The van der Waals surface area contributed by atoms with Gasteiger partial charge in [0.05, 0.1) is 19.6 Å². The maximum absolute atomic E-state index is 12.6. The van der Waals surface area contributed by atoms with Crippen LogP contribution in [0.15, 0.2) is 84.9 Å². The van der Waals surface area contributed by atoms with Gasteiger partial charge in [0.25, 0.3) is 5.91 Å². The fourth-order valence-electron chi connectivity index (χ4n) is 3.07. The van der Waals surface area contributed by atoms with Gasteiger partial charge in [-0.05, 0) is 23.8 Å². The Labute approximate surface area is 170 Å². The predicted molar refractivity (Wildman–Crippen MR) is 113 cm³/mol. The number of amides is 2. The van der Waals surface area contributed by atoms with Gasteiger partial charge < -0.3 is 15.4 Å². The van der Waals surface area contributed by atoms with E-state index in [0.717, 1.165) is 16.9 Å². The summed E-state index contributed by atoms with van der Waals surface area (Å²) in [6, 6.07) is 25.6. The highest BCUT2D eigenvalue weighted by atomic mass is 16.5. The molecule has 0 fully saturated rings. The zero-order chi connectivity index (χ0) is 20.5. The fourth-order valence-corrected chi connectivity index (χ4v) is 3.07.